The highest BCUT2D eigenvalue weighted by Crippen LogP contribution is 2.51. The van der Waals surface area contributed by atoms with E-state index in [4.69, 9.17) is 9.72 Å². The van der Waals surface area contributed by atoms with Crippen LogP contribution in [0, 0.1) is 23.3 Å². The van der Waals surface area contributed by atoms with Crippen LogP contribution in [-0.2, 0) is 5.41 Å². The molecule has 9 aromatic carbocycles. The van der Waals surface area contributed by atoms with E-state index < -0.39 is 23.3 Å². The lowest BCUT2D eigenvalue weighted by Gasteiger charge is -2.27. The number of halogens is 4. The van der Waals surface area contributed by atoms with Crippen LogP contribution in [0.4, 0.5) is 40.3 Å². The molecule has 0 radical (unpaired) electrons. The van der Waals surface area contributed by atoms with Crippen molar-refractivity contribution in [3.05, 3.63) is 235 Å². The molecule has 360 valence electrons. The summed E-state index contributed by atoms with van der Waals surface area (Å²) < 4.78 is 72.0. The zero-order chi connectivity index (χ0) is 50.4. The second-order valence-corrected chi connectivity index (χ2v) is 19.8. The lowest BCUT2D eigenvalue weighted by atomic mass is 9.88. The van der Waals surface area contributed by atoms with Crippen LogP contribution in [0.2, 0.25) is 0 Å². The third-order valence-corrected chi connectivity index (χ3v) is 14.1. The molecule has 0 bridgehead atoms. The van der Waals surface area contributed by atoms with E-state index in [-0.39, 0.29) is 23.2 Å². The van der Waals surface area contributed by atoms with Crippen LogP contribution in [0.3, 0.4) is 0 Å². The van der Waals surface area contributed by atoms with Gasteiger partial charge < -0.3 is 19.1 Å². The van der Waals surface area contributed by atoms with Gasteiger partial charge in [0, 0.05) is 74.9 Å². The van der Waals surface area contributed by atoms with Gasteiger partial charge in [0.05, 0.1) is 44.8 Å². The maximum atomic E-state index is 15.1. The average molecular weight is 976 g/mol. The van der Waals surface area contributed by atoms with Crippen LogP contribution < -0.4 is 14.5 Å². The number of pyridine rings is 1. The Morgan fingerprint density at radius 3 is 1.53 bits per heavy atom. The topological polar surface area (TPSA) is 38.5 Å². The molecule has 3 aromatic heterocycles. The number of fused-ring (bicyclic) bond motifs is 7. The highest BCUT2D eigenvalue weighted by Gasteiger charge is 2.33. The Bertz CT molecular complexity index is 4060. The summed E-state index contributed by atoms with van der Waals surface area (Å²) in [5.74, 6) is -1.02. The van der Waals surface area contributed by atoms with Gasteiger partial charge in [0.1, 0.15) is 47.3 Å². The molecule has 0 fully saturated rings. The van der Waals surface area contributed by atoms with Gasteiger partial charge in [0.15, 0.2) is 0 Å². The molecule has 0 spiro atoms. The fourth-order valence-electron chi connectivity index (χ4n) is 10.9. The molecule has 0 aliphatic carbocycles. The van der Waals surface area contributed by atoms with Crippen molar-refractivity contribution < 1.29 is 22.3 Å². The molecule has 10 heteroatoms. The van der Waals surface area contributed by atoms with Crippen LogP contribution >= 0.6 is 0 Å². The van der Waals surface area contributed by atoms with Gasteiger partial charge in [0.2, 0.25) is 0 Å². The minimum Gasteiger partial charge on any atom is -0.457 e. The third-order valence-electron chi connectivity index (χ3n) is 14.1. The van der Waals surface area contributed by atoms with Crippen molar-refractivity contribution in [1.29, 1.82) is 0 Å². The molecular formula is C64H45F4N5O. The molecule has 0 N–H and O–H groups in total. The predicted octanol–water partition coefficient (Wildman–Crippen LogP) is 17.5. The van der Waals surface area contributed by atoms with Crippen molar-refractivity contribution in [2.45, 2.75) is 26.2 Å². The number of aromatic nitrogens is 3. The van der Waals surface area contributed by atoms with Gasteiger partial charge in [-0.05, 0) is 107 Å². The summed E-state index contributed by atoms with van der Waals surface area (Å²) in [7, 11) is 0. The molecule has 12 aromatic rings. The Labute approximate surface area is 424 Å². The highest BCUT2D eigenvalue weighted by atomic mass is 19.1. The molecule has 0 amide bonds. The fraction of sp³-hybridized carbons (Fsp3) is 0.0781. The van der Waals surface area contributed by atoms with Gasteiger partial charge in [-0.1, -0.05) is 106 Å². The molecular weight excluding hydrogens is 931 g/mol. The SMILES string of the molecule is CC(C)(C)c1ccnc(-n2c3ccccc3c3ccc(Oc4cc(N5CN(c6c(-c7cc(F)cc(F)c7)cccc6-c6cc(F)cc(F)c6)c6ccccc65)cc(-n5c6ccccc6c6ccccc65)c4)cc32)c1. The van der Waals surface area contributed by atoms with E-state index in [0.29, 0.717) is 28.3 Å². The second-order valence-electron chi connectivity index (χ2n) is 19.8. The molecule has 1 aliphatic rings. The van der Waals surface area contributed by atoms with Gasteiger partial charge in [-0.2, -0.15) is 0 Å². The molecule has 13 rings (SSSR count). The summed E-state index contributed by atoms with van der Waals surface area (Å²) >= 11 is 0. The van der Waals surface area contributed by atoms with Gasteiger partial charge in [-0.15, -0.1) is 0 Å². The Balaban J connectivity index is 1.00. The summed E-state index contributed by atoms with van der Waals surface area (Å²) in [6.07, 6.45) is 1.87. The van der Waals surface area contributed by atoms with E-state index >= 15 is 17.6 Å². The van der Waals surface area contributed by atoms with Gasteiger partial charge in [0.25, 0.3) is 0 Å². The van der Waals surface area contributed by atoms with E-state index in [0.717, 1.165) is 84.3 Å². The third kappa shape index (κ3) is 7.60. The van der Waals surface area contributed by atoms with Crippen molar-refractivity contribution in [1.82, 2.24) is 14.1 Å². The van der Waals surface area contributed by atoms with Crippen LogP contribution in [0.1, 0.15) is 26.3 Å². The molecule has 74 heavy (non-hydrogen) atoms. The van der Waals surface area contributed by atoms with Crippen LogP contribution in [0.15, 0.2) is 206 Å². The summed E-state index contributed by atoms with van der Waals surface area (Å²) in [5, 5.41) is 4.36. The van der Waals surface area contributed by atoms with E-state index in [2.05, 4.69) is 114 Å². The van der Waals surface area contributed by atoms with Crippen molar-refractivity contribution in [2.75, 3.05) is 16.5 Å². The standard InChI is InChI=1S/C64H45F4N5O/c1-64(2,3)41-25-26-69-62(31-41)73-58-20-9-6-15-54(58)55-24-23-48(37-61(55)73)74-49-35-46(34-47(36-49)72-56-18-7-4-13-52(56)53-14-5-8-19-57(53)72)70-38-71(60-22-11-10-21-59(60)70)63-50(39-27-42(65)32-43(66)28-39)16-12-17-51(63)40-29-44(67)33-45(68)30-40/h4-37H,38H2,1-3H3. The minimum absolute atomic E-state index is 0.0934. The average Bonchev–Trinajstić information content (AvgIpc) is 4.06. The van der Waals surface area contributed by atoms with Crippen LogP contribution in [-0.4, -0.2) is 20.8 Å². The highest BCUT2D eigenvalue weighted by molar-refractivity contribution is 6.10. The lowest BCUT2D eigenvalue weighted by Crippen LogP contribution is -2.25. The van der Waals surface area contributed by atoms with E-state index in [1.807, 2.05) is 77.8 Å². The van der Waals surface area contributed by atoms with Crippen molar-refractivity contribution in [3.63, 3.8) is 0 Å². The van der Waals surface area contributed by atoms with E-state index in [1.54, 1.807) is 18.2 Å². The first-order chi connectivity index (χ1) is 35.9. The Morgan fingerprint density at radius 1 is 0.432 bits per heavy atom. The van der Waals surface area contributed by atoms with Crippen LogP contribution in [0.25, 0.3) is 77.4 Å². The van der Waals surface area contributed by atoms with E-state index in [1.165, 1.54) is 29.8 Å². The van der Waals surface area contributed by atoms with Gasteiger partial charge >= 0.3 is 0 Å². The molecule has 0 saturated carbocycles. The Hall–Kier alpha value is -9.15. The molecule has 0 saturated heterocycles. The minimum atomic E-state index is -0.752. The number of ether oxygens (including phenoxy) is 1. The van der Waals surface area contributed by atoms with Crippen molar-refractivity contribution in [2.24, 2.45) is 0 Å². The van der Waals surface area contributed by atoms with Crippen molar-refractivity contribution >= 4 is 66.4 Å². The van der Waals surface area contributed by atoms with E-state index in [9.17, 15) is 0 Å². The molecule has 0 unspecified atom stereocenters. The number of rotatable bonds is 8. The monoisotopic (exact) mass is 975 g/mol. The lowest BCUT2D eigenvalue weighted by molar-refractivity contribution is 0.483. The smallest absolute Gasteiger partial charge is 0.137 e. The molecule has 6 nitrogen and oxygen atoms in total. The molecule has 1 aliphatic heterocycles. The maximum Gasteiger partial charge on any atom is 0.137 e. The largest absolute Gasteiger partial charge is 0.457 e. The Morgan fingerprint density at radius 2 is 0.946 bits per heavy atom. The first-order valence-corrected chi connectivity index (χ1v) is 24.5. The number of anilines is 4. The first-order valence-electron chi connectivity index (χ1n) is 24.5. The molecule has 0 atom stereocenters. The second kappa shape index (κ2) is 17.3. The van der Waals surface area contributed by atoms with Gasteiger partial charge in [-0.25, -0.2) is 22.5 Å². The Kier molecular flexibility index (Phi) is 10.4. The fourth-order valence-corrected chi connectivity index (χ4v) is 10.9. The summed E-state index contributed by atoms with van der Waals surface area (Å²) in [6.45, 7) is 6.79. The summed E-state index contributed by atoms with van der Waals surface area (Å²) in [5.41, 5.74) is 10.3. The first kappa shape index (κ1) is 44.8. The summed E-state index contributed by atoms with van der Waals surface area (Å²) in [6, 6.07) is 61.5. The number of benzene rings is 9. The van der Waals surface area contributed by atoms with Crippen molar-refractivity contribution in [3.8, 4) is 45.3 Å². The normalized spacial score (nSPS) is 12.7. The number of nitrogens with zero attached hydrogens (tertiary/aromatic N) is 5. The maximum absolute atomic E-state index is 15.1. The summed E-state index contributed by atoms with van der Waals surface area (Å²) in [4.78, 5) is 9.10. The zero-order valence-electron chi connectivity index (χ0n) is 40.5. The number of hydrogen-bond acceptors (Lipinski definition) is 4. The zero-order valence-corrected chi connectivity index (χ0v) is 40.5. The quantitative estimate of drug-likeness (QED) is 0.142. The number of hydrogen-bond donors (Lipinski definition) is 0. The van der Waals surface area contributed by atoms with Gasteiger partial charge in [-0.3, -0.25) is 4.57 Å². The van der Waals surface area contributed by atoms with Crippen LogP contribution in [0.5, 0.6) is 11.5 Å². The predicted molar refractivity (Wildman–Crippen MR) is 291 cm³/mol. The molecule has 4 heterocycles. The number of para-hydroxylation sites is 6.